The van der Waals surface area contributed by atoms with Gasteiger partial charge in [0.1, 0.15) is 6.10 Å². The van der Waals surface area contributed by atoms with Gasteiger partial charge in [-0.3, -0.25) is 0 Å². The lowest BCUT2D eigenvalue weighted by molar-refractivity contribution is -1.09. The molecule has 0 aromatic carbocycles. The van der Waals surface area contributed by atoms with Gasteiger partial charge in [-0.2, -0.15) is 0 Å². The third kappa shape index (κ3) is 1.90. The Morgan fingerprint density at radius 1 is 1.64 bits per heavy atom. The van der Waals surface area contributed by atoms with Crippen LogP contribution in [0.2, 0.25) is 0 Å². The van der Waals surface area contributed by atoms with Crippen LogP contribution in [0.5, 0.6) is 0 Å². The normalized spacial score (nSPS) is 46.3. The van der Waals surface area contributed by atoms with Crippen LogP contribution in [-0.2, 0) is 9.47 Å². The summed E-state index contributed by atoms with van der Waals surface area (Å²) in [5.41, 5.74) is -1.09. The predicted molar refractivity (Wildman–Crippen MR) is 46.5 cm³/mol. The Bertz CT molecular complexity index is 200. The van der Waals surface area contributed by atoms with Gasteiger partial charge in [0.05, 0.1) is 12.5 Å². The standard InChI is InChI=1S/C8H17NO5/c1-5-7(13-3)8(2,9(11)12)4-6(10)14-5/h5-7,9-11H,4H2,1-3H3. The Kier molecular flexibility index (Phi) is 3.46. The maximum absolute atomic E-state index is 11.1. The van der Waals surface area contributed by atoms with Gasteiger partial charge in [0.25, 0.3) is 0 Å². The minimum absolute atomic E-state index is 0.0468. The number of aliphatic hydroxyl groups is 1. The second-order valence-corrected chi connectivity index (χ2v) is 3.88. The molecular weight excluding hydrogens is 190 g/mol. The lowest BCUT2D eigenvalue weighted by atomic mass is 9.85. The topological polar surface area (TPSA) is 86.4 Å². The summed E-state index contributed by atoms with van der Waals surface area (Å²) in [6, 6.07) is 0. The Morgan fingerprint density at radius 3 is 2.64 bits per heavy atom. The summed E-state index contributed by atoms with van der Waals surface area (Å²) in [4.78, 5) is 0. The van der Waals surface area contributed by atoms with Crippen molar-refractivity contribution in [2.24, 2.45) is 0 Å². The summed E-state index contributed by atoms with van der Waals surface area (Å²) in [5, 5.41) is 28.5. The van der Waals surface area contributed by atoms with Crippen molar-refractivity contribution in [3.63, 3.8) is 0 Å². The van der Waals surface area contributed by atoms with Crippen molar-refractivity contribution in [3.8, 4) is 0 Å². The molecule has 14 heavy (non-hydrogen) atoms. The third-order valence-electron chi connectivity index (χ3n) is 2.77. The molecular formula is C8H17NO5. The van der Waals surface area contributed by atoms with Crippen molar-refractivity contribution >= 4 is 0 Å². The number of hydrogen-bond donors (Lipinski definition) is 3. The van der Waals surface area contributed by atoms with E-state index in [4.69, 9.17) is 14.7 Å². The average Bonchev–Trinajstić information content (AvgIpc) is 2.02. The van der Waals surface area contributed by atoms with Crippen molar-refractivity contribution in [3.05, 3.63) is 5.21 Å². The van der Waals surface area contributed by atoms with Crippen LogP contribution < -0.4 is 5.23 Å². The van der Waals surface area contributed by atoms with Crippen molar-refractivity contribution in [1.29, 1.82) is 0 Å². The molecule has 0 spiro atoms. The highest BCUT2D eigenvalue weighted by atomic mass is 16.8. The second kappa shape index (κ2) is 4.09. The number of ether oxygens (including phenoxy) is 2. The first-order valence-electron chi connectivity index (χ1n) is 4.51. The molecule has 1 aliphatic heterocycles. The first kappa shape index (κ1) is 11.8. The second-order valence-electron chi connectivity index (χ2n) is 3.88. The highest BCUT2D eigenvalue weighted by Crippen LogP contribution is 2.27. The molecule has 1 aliphatic rings. The van der Waals surface area contributed by atoms with E-state index in [0.717, 1.165) is 0 Å². The molecule has 5 unspecified atom stereocenters. The number of methoxy groups -OCH3 is 1. The van der Waals surface area contributed by atoms with Crippen LogP contribution in [0.1, 0.15) is 20.3 Å². The highest BCUT2D eigenvalue weighted by Gasteiger charge is 2.50. The fraction of sp³-hybridized carbons (Fsp3) is 1.00. The number of aliphatic hydroxyl groups excluding tert-OH is 1. The molecule has 3 N–H and O–H groups in total. The minimum atomic E-state index is -1.09. The van der Waals surface area contributed by atoms with Gasteiger partial charge in [-0.25, -0.2) is 10.4 Å². The zero-order valence-corrected chi connectivity index (χ0v) is 8.56. The van der Waals surface area contributed by atoms with Crippen LogP contribution in [0, 0.1) is 5.21 Å². The van der Waals surface area contributed by atoms with Crippen molar-refractivity contribution in [2.45, 2.75) is 44.3 Å². The summed E-state index contributed by atoms with van der Waals surface area (Å²) < 4.78 is 10.2. The maximum atomic E-state index is 11.1. The molecule has 0 bridgehead atoms. The predicted octanol–water partition coefficient (Wildman–Crippen LogP) is -1.34. The molecule has 1 fully saturated rings. The van der Waals surface area contributed by atoms with Crippen LogP contribution in [0.25, 0.3) is 0 Å². The smallest absolute Gasteiger partial charge is 0.161 e. The van der Waals surface area contributed by atoms with E-state index in [0.29, 0.717) is 0 Å². The van der Waals surface area contributed by atoms with Gasteiger partial charge < -0.3 is 19.8 Å². The SMILES string of the molecule is COC1C(C)OC(O)CC1(C)[NH+]([O-])O. The lowest BCUT2D eigenvalue weighted by Crippen LogP contribution is -3.16. The minimum Gasteiger partial charge on any atom is -0.600 e. The fourth-order valence-corrected chi connectivity index (χ4v) is 2.02. The van der Waals surface area contributed by atoms with Crippen LogP contribution in [0.3, 0.4) is 0 Å². The Labute approximate surface area is 82.6 Å². The summed E-state index contributed by atoms with van der Waals surface area (Å²) in [6.07, 6.45) is -1.95. The van der Waals surface area contributed by atoms with Crippen LogP contribution in [0.15, 0.2) is 0 Å². The number of rotatable bonds is 2. The molecule has 6 nitrogen and oxygen atoms in total. The lowest BCUT2D eigenvalue weighted by Gasteiger charge is -2.46. The molecule has 1 heterocycles. The largest absolute Gasteiger partial charge is 0.600 e. The first-order valence-corrected chi connectivity index (χ1v) is 4.51. The number of hydroxylamine groups is 2. The van der Waals surface area contributed by atoms with Gasteiger partial charge in [-0.15, -0.1) is 0 Å². The molecule has 1 rings (SSSR count). The molecule has 0 aromatic heterocycles. The monoisotopic (exact) mass is 207 g/mol. The van der Waals surface area contributed by atoms with Gasteiger partial charge in [0.2, 0.25) is 0 Å². The molecule has 0 saturated carbocycles. The molecule has 6 heteroatoms. The zero-order chi connectivity index (χ0) is 10.9. The Hall–Kier alpha value is -0.240. The van der Waals surface area contributed by atoms with Gasteiger partial charge in [-0.1, -0.05) is 0 Å². The molecule has 0 amide bonds. The summed E-state index contributed by atoms with van der Waals surface area (Å²) in [7, 11) is 1.45. The van der Waals surface area contributed by atoms with Gasteiger partial charge >= 0.3 is 0 Å². The molecule has 5 atom stereocenters. The molecule has 0 radical (unpaired) electrons. The first-order chi connectivity index (χ1) is 6.41. The van der Waals surface area contributed by atoms with Gasteiger partial charge in [0.15, 0.2) is 11.8 Å². The van der Waals surface area contributed by atoms with Crippen LogP contribution in [-0.4, -0.2) is 41.5 Å². The quantitative estimate of drug-likeness (QED) is 0.488. The molecule has 0 aromatic rings. The van der Waals surface area contributed by atoms with Crippen molar-refractivity contribution in [1.82, 2.24) is 0 Å². The molecule has 84 valence electrons. The van der Waals surface area contributed by atoms with E-state index >= 15 is 0 Å². The summed E-state index contributed by atoms with van der Waals surface area (Å²) in [6.45, 7) is 3.25. The molecule has 0 aliphatic carbocycles. The van der Waals surface area contributed by atoms with Crippen LogP contribution >= 0.6 is 0 Å². The van der Waals surface area contributed by atoms with Crippen molar-refractivity contribution in [2.75, 3.05) is 7.11 Å². The Morgan fingerprint density at radius 2 is 2.21 bits per heavy atom. The average molecular weight is 207 g/mol. The van der Waals surface area contributed by atoms with E-state index in [2.05, 4.69) is 0 Å². The third-order valence-corrected chi connectivity index (χ3v) is 2.77. The fourth-order valence-electron chi connectivity index (χ4n) is 2.02. The zero-order valence-electron chi connectivity index (χ0n) is 8.56. The number of hydrogen-bond acceptors (Lipinski definition) is 5. The van der Waals surface area contributed by atoms with Gasteiger partial charge in [0, 0.05) is 7.11 Å². The maximum Gasteiger partial charge on any atom is 0.161 e. The number of nitrogens with one attached hydrogen (secondary N) is 1. The number of quaternary nitrogens is 1. The van der Waals surface area contributed by atoms with E-state index in [-0.39, 0.29) is 6.42 Å². The van der Waals surface area contributed by atoms with Gasteiger partial charge in [-0.05, 0) is 13.8 Å². The van der Waals surface area contributed by atoms with E-state index in [9.17, 15) is 10.3 Å². The van der Waals surface area contributed by atoms with E-state index in [1.165, 1.54) is 7.11 Å². The molecule has 1 saturated heterocycles. The van der Waals surface area contributed by atoms with Crippen molar-refractivity contribution < 1.29 is 25.0 Å². The van der Waals surface area contributed by atoms with E-state index in [1.807, 2.05) is 0 Å². The Balaban J connectivity index is 2.87. The van der Waals surface area contributed by atoms with E-state index < -0.39 is 29.3 Å². The summed E-state index contributed by atoms with van der Waals surface area (Å²) in [5.74, 6) is 0. The summed E-state index contributed by atoms with van der Waals surface area (Å²) >= 11 is 0. The van der Waals surface area contributed by atoms with Crippen LogP contribution in [0.4, 0.5) is 0 Å². The highest BCUT2D eigenvalue weighted by molar-refractivity contribution is 4.91. The van der Waals surface area contributed by atoms with E-state index in [1.54, 1.807) is 13.8 Å².